The first kappa shape index (κ1) is 13.5. The minimum atomic E-state index is -3.60. The van der Waals surface area contributed by atoms with Crippen LogP contribution in [0.15, 0.2) is 34.2 Å². The first-order valence-corrected chi connectivity index (χ1v) is 6.86. The Labute approximate surface area is 110 Å². The normalized spacial score (nSPS) is 19.7. The Bertz CT molecular complexity index is 638. The van der Waals surface area contributed by atoms with Crippen molar-refractivity contribution in [1.29, 1.82) is 0 Å². The van der Waals surface area contributed by atoms with Gasteiger partial charge in [0.1, 0.15) is 5.84 Å². The van der Waals surface area contributed by atoms with Gasteiger partial charge in [0.05, 0.1) is 11.4 Å². The van der Waals surface area contributed by atoms with Gasteiger partial charge in [-0.1, -0.05) is 12.1 Å². The SMILES string of the molecule is COC(CN=C1NS(=O)(=O)c2ccccc21)C(=O)O. The number of methoxy groups -OCH3 is 1. The number of amidine groups is 1. The summed E-state index contributed by atoms with van der Waals surface area (Å²) in [5, 5.41) is 8.81. The highest BCUT2D eigenvalue weighted by atomic mass is 32.2. The van der Waals surface area contributed by atoms with Crippen LogP contribution in [0.1, 0.15) is 5.56 Å². The molecule has 1 aliphatic rings. The molecule has 8 heteroatoms. The smallest absolute Gasteiger partial charge is 0.334 e. The average molecular weight is 284 g/mol. The number of sulfonamides is 1. The van der Waals surface area contributed by atoms with Crippen molar-refractivity contribution in [1.82, 2.24) is 4.72 Å². The first-order valence-electron chi connectivity index (χ1n) is 5.38. The second kappa shape index (κ2) is 4.98. The summed E-state index contributed by atoms with van der Waals surface area (Å²) in [7, 11) is -2.34. The molecule has 0 saturated heterocycles. The molecule has 1 aromatic carbocycles. The lowest BCUT2D eigenvalue weighted by molar-refractivity contribution is -0.147. The molecule has 0 bridgehead atoms. The van der Waals surface area contributed by atoms with Crippen LogP contribution in [-0.4, -0.2) is 45.1 Å². The Morgan fingerprint density at radius 1 is 1.47 bits per heavy atom. The Kier molecular flexibility index (Phi) is 3.54. The van der Waals surface area contributed by atoms with Crippen LogP contribution >= 0.6 is 0 Å². The van der Waals surface area contributed by atoms with Crippen LogP contribution in [0.25, 0.3) is 0 Å². The molecule has 2 rings (SSSR count). The van der Waals surface area contributed by atoms with Gasteiger partial charge in [0.25, 0.3) is 10.0 Å². The van der Waals surface area contributed by atoms with Gasteiger partial charge >= 0.3 is 5.97 Å². The molecule has 2 N–H and O–H groups in total. The molecule has 102 valence electrons. The molecular weight excluding hydrogens is 272 g/mol. The number of hydrogen-bond donors (Lipinski definition) is 2. The monoisotopic (exact) mass is 284 g/mol. The molecular formula is C11H12N2O5S. The Balaban J connectivity index is 2.31. The number of fused-ring (bicyclic) bond motifs is 1. The van der Waals surface area contributed by atoms with E-state index in [2.05, 4.69) is 9.71 Å². The van der Waals surface area contributed by atoms with Gasteiger partial charge in [-0.2, -0.15) is 0 Å². The van der Waals surface area contributed by atoms with Crippen molar-refractivity contribution in [2.75, 3.05) is 13.7 Å². The minimum absolute atomic E-state index is 0.137. The lowest BCUT2D eigenvalue weighted by atomic mass is 10.2. The van der Waals surface area contributed by atoms with Gasteiger partial charge < -0.3 is 9.84 Å². The summed E-state index contributed by atoms with van der Waals surface area (Å²) >= 11 is 0. The fourth-order valence-corrected chi connectivity index (χ4v) is 2.93. The molecule has 1 aliphatic heterocycles. The number of aliphatic carboxylic acids is 1. The quantitative estimate of drug-likeness (QED) is 0.798. The summed E-state index contributed by atoms with van der Waals surface area (Å²) in [4.78, 5) is 14.9. The zero-order valence-electron chi connectivity index (χ0n) is 10.0. The molecule has 1 atom stereocenters. The van der Waals surface area contributed by atoms with E-state index >= 15 is 0 Å². The maximum absolute atomic E-state index is 11.8. The second-order valence-corrected chi connectivity index (χ2v) is 5.50. The molecule has 19 heavy (non-hydrogen) atoms. The van der Waals surface area contributed by atoms with E-state index in [4.69, 9.17) is 9.84 Å². The zero-order valence-corrected chi connectivity index (χ0v) is 10.8. The number of ether oxygens (including phenoxy) is 1. The van der Waals surface area contributed by atoms with E-state index in [-0.39, 0.29) is 17.3 Å². The van der Waals surface area contributed by atoms with Gasteiger partial charge in [-0.25, -0.2) is 13.2 Å². The predicted octanol–water partition coefficient (Wildman–Crippen LogP) is -0.175. The molecule has 7 nitrogen and oxygen atoms in total. The van der Waals surface area contributed by atoms with Gasteiger partial charge in [-0.3, -0.25) is 9.71 Å². The van der Waals surface area contributed by atoms with Crippen LogP contribution in [0, 0.1) is 0 Å². The van der Waals surface area contributed by atoms with Crippen molar-refractivity contribution in [3.8, 4) is 0 Å². The number of aliphatic imine (C=N–C) groups is 1. The van der Waals surface area contributed by atoms with E-state index in [9.17, 15) is 13.2 Å². The van der Waals surface area contributed by atoms with E-state index in [0.717, 1.165) is 0 Å². The maximum Gasteiger partial charge on any atom is 0.334 e. The van der Waals surface area contributed by atoms with Crippen molar-refractivity contribution in [3.05, 3.63) is 29.8 Å². The fraction of sp³-hybridized carbons (Fsp3) is 0.273. The molecule has 1 unspecified atom stereocenters. The topological polar surface area (TPSA) is 105 Å². The van der Waals surface area contributed by atoms with Gasteiger partial charge in [0.2, 0.25) is 0 Å². The summed E-state index contributed by atoms with van der Waals surface area (Å²) < 4.78 is 30.6. The molecule has 0 aliphatic carbocycles. The number of nitrogens with zero attached hydrogens (tertiary/aromatic N) is 1. The summed E-state index contributed by atoms with van der Waals surface area (Å²) in [5.41, 5.74) is 0.433. The molecule has 0 aromatic heterocycles. The molecule has 0 amide bonds. The van der Waals surface area contributed by atoms with E-state index in [1.165, 1.54) is 13.2 Å². The zero-order chi connectivity index (χ0) is 14.0. The van der Waals surface area contributed by atoms with Crippen LogP contribution < -0.4 is 4.72 Å². The fourth-order valence-electron chi connectivity index (χ4n) is 1.68. The van der Waals surface area contributed by atoms with E-state index in [0.29, 0.717) is 5.56 Å². The second-order valence-electron chi connectivity index (χ2n) is 3.85. The van der Waals surface area contributed by atoms with Crippen molar-refractivity contribution in [2.24, 2.45) is 4.99 Å². The molecule has 1 heterocycles. The van der Waals surface area contributed by atoms with Crippen molar-refractivity contribution in [2.45, 2.75) is 11.0 Å². The lowest BCUT2D eigenvalue weighted by Crippen LogP contribution is -2.28. The summed E-state index contributed by atoms with van der Waals surface area (Å²) in [5.74, 6) is -1.01. The highest BCUT2D eigenvalue weighted by Gasteiger charge is 2.30. The Hall–Kier alpha value is -1.93. The van der Waals surface area contributed by atoms with E-state index in [1.807, 2.05) is 0 Å². The van der Waals surface area contributed by atoms with Crippen LogP contribution in [0.2, 0.25) is 0 Å². The average Bonchev–Trinajstić information content (AvgIpc) is 2.62. The van der Waals surface area contributed by atoms with Gasteiger partial charge in [0.15, 0.2) is 6.10 Å². The van der Waals surface area contributed by atoms with Crippen LogP contribution in [0.3, 0.4) is 0 Å². The van der Waals surface area contributed by atoms with Crippen molar-refractivity contribution >= 4 is 21.8 Å². The summed E-state index contributed by atoms with van der Waals surface area (Å²) in [6.07, 6.45) is -1.11. The van der Waals surface area contributed by atoms with Crippen molar-refractivity contribution < 1.29 is 23.1 Å². The number of nitrogens with one attached hydrogen (secondary N) is 1. The largest absolute Gasteiger partial charge is 0.479 e. The van der Waals surface area contributed by atoms with Gasteiger partial charge in [0, 0.05) is 12.7 Å². The van der Waals surface area contributed by atoms with E-state index in [1.54, 1.807) is 18.2 Å². The number of benzene rings is 1. The predicted molar refractivity (Wildman–Crippen MR) is 66.6 cm³/mol. The summed E-state index contributed by atoms with van der Waals surface area (Å²) in [6, 6.07) is 6.36. The number of rotatable bonds is 4. The maximum atomic E-state index is 11.8. The molecule has 0 spiro atoms. The lowest BCUT2D eigenvalue weighted by Gasteiger charge is -2.07. The van der Waals surface area contributed by atoms with Crippen molar-refractivity contribution in [3.63, 3.8) is 0 Å². The minimum Gasteiger partial charge on any atom is -0.479 e. The van der Waals surface area contributed by atoms with Crippen LogP contribution in [0.5, 0.6) is 0 Å². The summed E-state index contributed by atoms with van der Waals surface area (Å²) in [6.45, 7) is -0.169. The first-order chi connectivity index (χ1) is 8.95. The third-order valence-electron chi connectivity index (χ3n) is 2.64. The number of carboxylic acids is 1. The molecule has 0 radical (unpaired) electrons. The highest BCUT2D eigenvalue weighted by Crippen LogP contribution is 2.22. The number of carbonyl (C=O) groups is 1. The molecule has 1 aromatic rings. The molecule has 0 fully saturated rings. The van der Waals surface area contributed by atoms with Crippen LogP contribution in [0.4, 0.5) is 0 Å². The number of hydrogen-bond acceptors (Lipinski definition) is 5. The Morgan fingerprint density at radius 3 is 2.79 bits per heavy atom. The number of carboxylic acid groups (broad SMARTS) is 1. The van der Waals surface area contributed by atoms with Gasteiger partial charge in [-0.05, 0) is 12.1 Å². The standard InChI is InChI=1S/C11H12N2O5S/c1-18-8(11(14)15)6-12-10-7-4-2-3-5-9(7)19(16,17)13-10/h2-5,8H,6H2,1H3,(H,12,13)(H,14,15). The van der Waals surface area contributed by atoms with Crippen LogP contribution in [-0.2, 0) is 19.6 Å². The van der Waals surface area contributed by atoms with Gasteiger partial charge in [-0.15, -0.1) is 0 Å². The third kappa shape index (κ3) is 2.59. The van der Waals surface area contributed by atoms with E-state index < -0.39 is 22.1 Å². The molecule has 0 saturated carbocycles. The third-order valence-corrected chi connectivity index (χ3v) is 4.04. The Morgan fingerprint density at radius 2 is 2.16 bits per heavy atom. The highest BCUT2D eigenvalue weighted by molar-refractivity contribution is 7.90.